The lowest BCUT2D eigenvalue weighted by atomic mass is 10.0. The second kappa shape index (κ2) is 5.64. The Kier molecular flexibility index (Phi) is 3.45. The van der Waals surface area contributed by atoms with E-state index in [0.717, 1.165) is 35.4 Å². The van der Waals surface area contributed by atoms with Gasteiger partial charge in [0.2, 0.25) is 0 Å². The summed E-state index contributed by atoms with van der Waals surface area (Å²) in [5.74, 6) is 0.529. The third kappa shape index (κ3) is 2.22. The molecular weight excluding hydrogens is 300 g/mol. The molecule has 4 rings (SSSR count). The lowest BCUT2D eigenvalue weighted by molar-refractivity contribution is 0.614. The molecule has 0 amide bonds. The molecule has 2 aromatic carbocycles. The molecule has 0 aromatic heterocycles. The molecule has 1 aliphatic carbocycles. The number of nitrogens with zero attached hydrogens (tertiary/aromatic N) is 2. The number of hydrogen-bond acceptors (Lipinski definition) is 4. The van der Waals surface area contributed by atoms with E-state index in [9.17, 15) is 4.79 Å². The molecule has 0 fully saturated rings. The van der Waals surface area contributed by atoms with Gasteiger partial charge < -0.3 is 9.32 Å². The van der Waals surface area contributed by atoms with Crippen LogP contribution in [-0.2, 0) is 0 Å². The van der Waals surface area contributed by atoms with E-state index >= 15 is 0 Å². The zero-order valence-corrected chi connectivity index (χ0v) is 13.7. The van der Waals surface area contributed by atoms with Gasteiger partial charge in [0.15, 0.2) is 16.8 Å². The van der Waals surface area contributed by atoms with E-state index in [0.29, 0.717) is 16.7 Å². The smallest absolute Gasteiger partial charge is 0.190 e. The maximum atomic E-state index is 12.3. The summed E-state index contributed by atoms with van der Waals surface area (Å²) in [4.78, 5) is 19.3. The molecule has 0 unspecified atom stereocenters. The van der Waals surface area contributed by atoms with Crippen LogP contribution in [0.1, 0.15) is 13.8 Å². The molecule has 0 saturated heterocycles. The minimum absolute atomic E-state index is 0.0391. The van der Waals surface area contributed by atoms with Gasteiger partial charge in [0.25, 0.3) is 0 Å². The van der Waals surface area contributed by atoms with Crippen molar-refractivity contribution in [2.75, 3.05) is 18.0 Å². The van der Waals surface area contributed by atoms with Gasteiger partial charge in [-0.3, -0.25) is 4.79 Å². The van der Waals surface area contributed by atoms with Crippen molar-refractivity contribution in [2.45, 2.75) is 13.8 Å². The first-order valence-corrected chi connectivity index (χ1v) is 8.22. The van der Waals surface area contributed by atoms with Gasteiger partial charge in [0, 0.05) is 35.6 Å². The van der Waals surface area contributed by atoms with Crippen molar-refractivity contribution >= 4 is 27.6 Å². The van der Waals surface area contributed by atoms with E-state index in [2.05, 4.69) is 18.7 Å². The van der Waals surface area contributed by atoms with Gasteiger partial charge >= 0.3 is 0 Å². The fourth-order valence-corrected chi connectivity index (χ4v) is 3.20. The Morgan fingerprint density at radius 2 is 1.75 bits per heavy atom. The molecule has 1 aliphatic heterocycles. The molecule has 0 N–H and O–H groups in total. The minimum atomic E-state index is -0.0391. The summed E-state index contributed by atoms with van der Waals surface area (Å²) in [6.45, 7) is 6.15. The van der Waals surface area contributed by atoms with Gasteiger partial charge in [-0.2, -0.15) is 0 Å². The Labute approximate surface area is 139 Å². The highest BCUT2D eigenvalue weighted by atomic mass is 16.3. The number of benzene rings is 3. The number of anilines is 1. The highest BCUT2D eigenvalue weighted by molar-refractivity contribution is 5.96. The Balaban J connectivity index is 2.04. The van der Waals surface area contributed by atoms with Crippen molar-refractivity contribution < 1.29 is 4.42 Å². The molecule has 0 saturated carbocycles. The normalized spacial score (nSPS) is 11.4. The Morgan fingerprint density at radius 3 is 2.50 bits per heavy atom. The number of aromatic nitrogens is 1. The van der Waals surface area contributed by atoms with Gasteiger partial charge in [-0.25, -0.2) is 4.98 Å². The van der Waals surface area contributed by atoms with Crippen molar-refractivity contribution in [1.29, 1.82) is 0 Å². The standard InChI is InChI=1S/C20H18N2O2/c1-3-22(4-2)13-9-10-18-16(11-13)21-20-15-8-6-5-7-14(15)17(23)12-19(20)24-18/h5-12H,3-4H2,1-2H3. The lowest BCUT2D eigenvalue weighted by Crippen LogP contribution is -2.21. The van der Waals surface area contributed by atoms with Crippen molar-refractivity contribution in [2.24, 2.45) is 0 Å². The summed E-state index contributed by atoms with van der Waals surface area (Å²) in [5.41, 5.74) is 3.31. The zero-order valence-electron chi connectivity index (χ0n) is 13.7. The van der Waals surface area contributed by atoms with Crippen molar-refractivity contribution in [3.63, 3.8) is 0 Å². The minimum Gasteiger partial charge on any atom is -0.453 e. The molecule has 24 heavy (non-hydrogen) atoms. The second-order valence-corrected chi connectivity index (χ2v) is 5.81. The summed E-state index contributed by atoms with van der Waals surface area (Å²) in [6.07, 6.45) is 0. The van der Waals surface area contributed by atoms with E-state index in [1.54, 1.807) is 0 Å². The molecule has 0 spiro atoms. The van der Waals surface area contributed by atoms with Crippen LogP contribution >= 0.6 is 0 Å². The van der Waals surface area contributed by atoms with Crippen LogP contribution in [0.2, 0.25) is 0 Å². The highest BCUT2D eigenvalue weighted by Gasteiger charge is 2.15. The maximum Gasteiger partial charge on any atom is 0.190 e. The van der Waals surface area contributed by atoms with E-state index < -0.39 is 0 Å². The van der Waals surface area contributed by atoms with E-state index in [1.807, 2.05) is 42.5 Å². The number of hydrogen-bond donors (Lipinski definition) is 0. The average molecular weight is 318 g/mol. The van der Waals surface area contributed by atoms with Crippen LogP contribution in [0.15, 0.2) is 57.7 Å². The summed E-state index contributed by atoms with van der Waals surface area (Å²) in [6, 6.07) is 15.1. The largest absolute Gasteiger partial charge is 0.453 e. The van der Waals surface area contributed by atoms with Crippen LogP contribution in [0.25, 0.3) is 33.3 Å². The molecule has 4 nitrogen and oxygen atoms in total. The van der Waals surface area contributed by atoms with Gasteiger partial charge in [0.05, 0.1) is 0 Å². The fourth-order valence-electron chi connectivity index (χ4n) is 3.20. The number of fused-ring (bicyclic) bond motifs is 4. The van der Waals surface area contributed by atoms with Gasteiger partial charge in [0.1, 0.15) is 11.2 Å². The predicted octanol–water partition coefficient (Wildman–Crippen LogP) is 4.29. The highest BCUT2D eigenvalue weighted by Crippen LogP contribution is 2.31. The molecule has 0 radical (unpaired) electrons. The van der Waals surface area contributed by atoms with Crippen molar-refractivity contribution in [3.8, 4) is 11.5 Å². The summed E-state index contributed by atoms with van der Waals surface area (Å²) < 4.78 is 5.96. The van der Waals surface area contributed by atoms with E-state index in [4.69, 9.17) is 9.40 Å². The quantitative estimate of drug-likeness (QED) is 0.417. The third-order valence-corrected chi connectivity index (χ3v) is 4.47. The first kappa shape index (κ1) is 14.7. The summed E-state index contributed by atoms with van der Waals surface area (Å²) in [5, 5.41) is 1.51. The van der Waals surface area contributed by atoms with Gasteiger partial charge in [-0.1, -0.05) is 24.3 Å². The Hall–Kier alpha value is -2.88. The molecular formula is C20H18N2O2. The van der Waals surface area contributed by atoms with Gasteiger partial charge in [-0.05, 0) is 32.0 Å². The van der Waals surface area contributed by atoms with Crippen LogP contribution < -0.4 is 10.3 Å². The molecule has 2 aromatic rings. The molecule has 2 aliphatic rings. The maximum absolute atomic E-state index is 12.3. The summed E-state index contributed by atoms with van der Waals surface area (Å²) >= 11 is 0. The molecule has 1 heterocycles. The van der Waals surface area contributed by atoms with Crippen molar-refractivity contribution in [3.05, 3.63) is 58.8 Å². The van der Waals surface area contributed by atoms with Gasteiger partial charge in [-0.15, -0.1) is 0 Å². The van der Waals surface area contributed by atoms with Crippen LogP contribution in [0.4, 0.5) is 5.69 Å². The zero-order chi connectivity index (χ0) is 16.7. The Bertz CT molecular complexity index is 1060. The van der Waals surface area contributed by atoms with E-state index in [1.165, 1.54) is 6.07 Å². The van der Waals surface area contributed by atoms with Crippen LogP contribution in [0.3, 0.4) is 0 Å². The second-order valence-electron chi connectivity index (χ2n) is 5.81. The SMILES string of the molecule is CCN(CC)c1ccc2oc3cc(=O)c4ccccc4c-3nc2c1. The third-order valence-electron chi connectivity index (χ3n) is 4.47. The fraction of sp³-hybridized carbons (Fsp3) is 0.200. The predicted molar refractivity (Wildman–Crippen MR) is 98.0 cm³/mol. The lowest BCUT2D eigenvalue weighted by Gasteiger charge is -2.21. The van der Waals surface area contributed by atoms with Crippen LogP contribution in [0, 0.1) is 0 Å². The monoisotopic (exact) mass is 318 g/mol. The Morgan fingerprint density at radius 1 is 1.00 bits per heavy atom. The number of rotatable bonds is 3. The molecule has 0 atom stereocenters. The first-order valence-electron chi connectivity index (χ1n) is 8.22. The topological polar surface area (TPSA) is 46.3 Å². The average Bonchev–Trinajstić information content (AvgIpc) is 2.62. The summed E-state index contributed by atoms with van der Waals surface area (Å²) in [7, 11) is 0. The molecule has 120 valence electrons. The molecule has 4 heteroatoms. The molecule has 0 bridgehead atoms. The first-order chi connectivity index (χ1) is 11.7. The van der Waals surface area contributed by atoms with Crippen LogP contribution in [-0.4, -0.2) is 18.1 Å². The van der Waals surface area contributed by atoms with Crippen molar-refractivity contribution in [1.82, 2.24) is 4.98 Å². The van der Waals surface area contributed by atoms with E-state index in [-0.39, 0.29) is 5.43 Å². The van der Waals surface area contributed by atoms with Crippen LogP contribution in [0.5, 0.6) is 0 Å².